The molecule has 0 aliphatic rings. The van der Waals surface area contributed by atoms with Gasteiger partial charge in [-0.05, 0) is 72.4 Å². The first kappa shape index (κ1) is 24.2. The van der Waals surface area contributed by atoms with Crippen LogP contribution in [0.5, 0.6) is 0 Å². The lowest BCUT2D eigenvalue weighted by atomic mass is 9.99. The maximum Gasteiger partial charge on any atom is 0.147 e. The zero-order chi connectivity index (χ0) is 22.9. The highest BCUT2D eigenvalue weighted by atomic mass is 127. The van der Waals surface area contributed by atoms with Crippen molar-refractivity contribution in [1.29, 1.82) is 0 Å². The number of hydrogen-bond donors (Lipinski definition) is 2. The summed E-state index contributed by atoms with van der Waals surface area (Å²) >= 11 is 0. The van der Waals surface area contributed by atoms with Gasteiger partial charge in [-0.3, -0.25) is 4.98 Å². The lowest BCUT2D eigenvalue weighted by Crippen LogP contribution is -1.99. The van der Waals surface area contributed by atoms with Gasteiger partial charge in [-0.1, -0.05) is 30.3 Å². The van der Waals surface area contributed by atoms with Crippen LogP contribution in [0.4, 0.5) is 13.2 Å². The Labute approximate surface area is 211 Å². The maximum atomic E-state index is 14.6. The van der Waals surface area contributed by atoms with Crippen molar-refractivity contribution in [2.75, 3.05) is 0 Å². The van der Waals surface area contributed by atoms with E-state index in [4.69, 9.17) is 0 Å². The van der Waals surface area contributed by atoms with Crippen LogP contribution in [0, 0.1) is 17.5 Å². The predicted molar refractivity (Wildman–Crippen MR) is 139 cm³/mol. The number of aromatic nitrogens is 2. The van der Waals surface area contributed by atoms with Crippen molar-refractivity contribution >= 4 is 45.8 Å². The zero-order valence-corrected chi connectivity index (χ0v) is 20.4. The Morgan fingerprint density at radius 2 is 1.56 bits per heavy atom. The molecule has 3 aromatic carbocycles. The minimum absolute atomic E-state index is 0. The van der Waals surface area contributed by atoms with Crippen LogP contribution < -0.4 is 0 Å². The van der Waals surface area contributed by atoms with Crippen molar-refractivity contribution in [1.82, 2.24) is 9.97 Å². The predicted octanol–water partition coefficient (Wildman–Crippen LogP) is 7.47. The number of nitrogens with zero attached hydrogens (tertiary/aromatic N) is 1. The van der Waals surface area contributed by atoms with Gasteiger partial charge in [-0.25, -0.2) is 13.2 Å². The van der Waals surface area contributed by atoms with Crippen LogP contribution in [0.1, 0.15) is 30.2 Å². The lowest BCUT2D eigenvalue weighted by Gasteiger charge is -2.10. The topological polar surface area (TPSA) is 48.9 Å². The third-order valence-corrected chi connectivity index (χ3v) is 5.96. The average Bonchev–Trinajstić information content (AvgIpc) is 3.20. The van der Waals surface area contributed by atoms with Gasteiger partial charge in [0.15, 0.2) is 0 Å². The fourth-order valence-corrected chi connectivity index (χ4v) is 4.25. The van der Waals surface area contributed by atoms with Crippen LogP contribution in [0.25, 0.3) is 32.9 Å². The third-order valence-electron chi connectivity index (χ3n) is 5.96. The monoisotopic (exact) mass is 574 g/mol. The van der Waals surface area contributed by atoms with E-state index in [-0.39, 0.29) is 41.4 Å². The van der Waals surface area contributed by atoms with Gasteiger partial charge < -0.3 is 10.1 Å². The van der Waals surface area contributed by atoms with Crippen molar-refractivity contribution in [3.05, 3.63) is 102 Å². The Morgan fingerprint density at radius 3 is 2.26 bits per heavy atom. The number of rotatable bonds is 6. The summed E-state index contributed by atoms with van der Waals surface area (Å²) in [5.41, 5.74) is 4.25. The second-order valence-corrected chi connectivity index (χ2v) is 8.16. The smallest absolute Gasteiger partial charge is 0.147 e. The molecule has 1 unspecified atom stereocenters. The molecule has 0 radical (unpaired) electrons. The summed E-state index contributed by atoms with van der Waals surface area (Å²) in [6.07, 6.45) is 2.90. The van der Waals surface area contributed by atoms with Crippen LogP contribution in [-0.4, -0.2) is 15.1 Å². The van der Waals surface area contributed by atoms with Crippen molar-refractivity contribution in [3.8, 4) is 11.1 Å². The first-order valence-electron chi connectivity index (χ1n) is 10.8. The minimum atomic E-state index is -0.672. The first-order valence-corrected chi connectivity index (χ1v) is 10.8. The summed E-state index contributed by atoms with van der Waals surface area (Å²) in [6.45, 7) is 0. The number of aliphatic hydroxyl groups excluding tert-OH is 1. The van der Waals surface area contributed by atoms with E-state index in [1.54, 1.807) is 36.5 Å². The Balaban J connectivity index is 0.00000274. The molecular weight excluding hydrogens is 552 g/mol. The van der Waals surface area contributed by atoms with Crippen LogP contribution in [-0.2, 0) is 6.42 Å². The van der Waals surface area contributed by atoms with Gasteiger partial charge in [0, 0.05) is 28.2 Å². The van der Waals surface area contributed by atoms with Gasteiger partial charge in [0.05, 0.1) is 11.6 Å². The second kappa shape index (κ2) is 10.1. The molecule has 0 fully saturated rings. The number of halogens is 4. The molecular formula is C27H22F3IN2O. The quantitative estimate of drug-likeness (QED) is 0.207. The van der Waals surface area contributed by atoms with Crippen molar-refractivity contribution < 1.29 is 18.3 Å². The number of fused-ring (bicyclic) bond motifs is 3. The molecule has 3 nitrogen and oxygen atoms in total. The summed E-state index contributed by atoms with van der Waals surface area (Å²) in [6, 6.07) is 17.0. The highest BCUT2D eigenvalue weighted by molar-refractivity contribution is 14.0. The minimum Gasteiger partial charge on any atom is -0.388 e. The molecule has 2 aromatic heterocycles. The number of H-pyrrole nitrogens is 1. The molecule has 0 amide bonds. The molecule has 0 saturated heterocycles. The normalized spacial score (nSPS) is 12.1. The van der Waals surface area contributed by atoms with E-state index >= 15 is 0 Å². The van der Waals surface area contributed by atoms with E-state index in [0.717, 1.165) is 27.7 Å². The average molecular weight is 574 g/mol. The third kappa shape index (κ3) is 4.81. The molecule has 7 heteroatoms. The summed E-state index contributed by atoms with van der Waals surface area (Å²) < 4.78 is 41.0. The number of hydrogen-bond acceptors (Lipinski definition) is 2. The molecule has 0 bridgehead atoms. The number of pyridine rings is 1. The van der Waals surface area contributed by atoms with Gasteiger partial charge in [-0.2, -0.15) is 0 Å². The molecule has 5 rings (SSSR count). The Hall–Kier alpha value is -2.91. The number of aliphatic hydroxyl groups is 1. The van der Waals surface area contributed by atoms with Crippen LogP contribution >= 0.6 is 24.0 Å². The van der Waals surface area contributed by atoms with E-state index in [9.17, 15) is 18.3 Å². The zero-order valence-electron chi connectivity index (χ0n) is 18.1. The van der Waals surface area contributed by atoms with Crippen LogP contribution in [0.15, 0.2) is 72.9 Å². The summed E-state index contributed by atoms with van der Waals surface area (Å²) in [4.78, 5) is 7.72. The van der Waals surface area contributed by atoms with Gasteiger partial charge >= 0.3 is 0 Å². The first-order chi connectivity index (χ1) is 16.0. The van der Waals surface area contributed by atoms with E-state index < -0.39 is 6.10 Å². The number of benzene rings is 3. The van der Waals surface area contributed by atoms with E-state index in [0.29, 0.717) is 35.7 Å². The molecule has 174 valence electrons. The fourth-order valence-electron chi connectivity index (χ4n) is 4.25. The fraction of sp³-hybridized carbons (Fsp3) is 0.148. The number of nitrogens with one attached hydrogen (secondary N) is 1. The second-order valence-electron chi connectivity index (χ2n) is 8.16. The molecule has 2 N–H and O–H groups in total. The number of aromatic amines is 1. The summed E-state index contributed by atoms with van der Waals surface area (Å²) in [5.74, 6) is -1.02. The summed E-state index contributed by atoms with van der Waals surface area (Å²) in [5, 5.41) is 11.8. The molecule has 5 aromatic rings. The van der Waals surface area contributed by atoms with Crippen molar-refractivity contribution in [2.24, 2.45) is 0 Å². The van der Waals surface area contributed by atoms with Gasteiger partial charge in [0.2, 0.25) is 0 Å². The van der Waals surface area contributed by atoms with E-state index in [1.807, 2.05) is 6.07 Å². The molecule has 0 aliphatic carbocycles. The van der Waals surface area contributed by atoms with Crippen molar-refractivity contribution in [2.45, 2.75) is 25.4 Å². The lowest BCUT2D eigenvalue weighted by molar-refractivity contribution is 0.164. The molecule has 0 aliphatic heterocycles. The van der Waals surface area contributed by atoms with Crippen LogP contribution in [0.2, 0.25) is 0 Å². The molecule has 34 heavy (non-hydrogen) atoms. The number of aryl methyl sites for hydroxylation is 1. The molecule has 0 saturated carbocycles. The molecule has 2 heterocycles. The van der Waals surface area contributed by atoms with E-state index in [1.165, 1.54) is 30.3 Å². The molecule has 0 spiro atoms. The SMILES string of the molecule is I.OC(CCCc1cc2[nH]c3c(F)ccc(-c4ccc(F)cc4)c3c2cn1)c1ccc(F)cc1. The van der Waals surface area contributed by atoms with Gasteiger partial charge in [-0.15, -0.1) is 24.0 Å². The Bertz CT molecular complexity index is 1430. The Kier molecular flexibility index (Phi) is 7.23. The van der Waals surface area contributed by atoms with Gasteiger partial charge in [0.25, 0.3) is 0 Å². The molecule has 1 atom stereocenters. The largest absolute Gasteiger partial charge is 0.388 e. The standard InChI is InChI=1S/C27H21F3N2O.HI/c28-18-8-4-16(5-9-18)21-12-13-23(30)27-26(21)22-15-31-20(14-24(22)32-27)2-1-3-25(33)17-6-10-19(29)11-7-17;/h4-15,25,32-33H,1-3H2;1H. The Morgan fingerprint density at radius 1 is 0.882 bits per heavy atom. The van der Waals surface area contributed by atoms with E-state index in [2.05, 4.69) is 9.97 Å². The maximum absolute atomic E-state index is 14.6. The van der Waals surface area contributed by atoms with Gasteiger partial charge in [0.1, 0.15) is 17.5 Å². The highest BCUT2D eigenvalue weighted by Crippen LogP contribution is 2.36. The van der Waals surface area contributed by atoms with Crippen molar-refractivity contribution in [3.63, 3.8) is 0 Å². The van der Waals surface area contributed by atoms with Crippen LogP contribution in [0.3, 0.4) is 0 Å². The summed E-state index contributed by atoms with van der Waals surface area (Å²) in [7, 11) is 0. The highest BCUT2D eigenvalue weighted by Gasteiger charge is 2.15.